The standard InChI is InChI=1S/C12H6ClN3O2S/c13-7-3-6-8(16-12(18)11(6)17)4-9(7)19-10-1-2-14-5-15-10/h1-5H,(H,16,17,18). The fourth-order valence-electron chi connectivity index (χ4n) is 1.68. The maximum absolute atomic E-state index is 11.5. The first-order valence-electron chi connectivity index (χ1n) is 5.28. The number of carbonyl (C=O) groups excluding carboxylic acids is 2. The Hall–Kier alpha value is -1.92. The third-order valence-corrected chi connectivity index (χ3v) is 3.97. The number of nitrogens with zero attached hydrogens (tertiary/aromatic N) is 2. The number of amides is 1. The molecule has 5 nitrogen and oxygen atoms in total. The largest absolute Gasteiger partial charge is 0.318 e. The molecule has 2 aromatic rings. The number of ketones is 1. The minimum Gasteiger partial charge on any atom is -0.318 e. The number of hydrogen-bond acceptors (Lipinski definition) is 5. The number of fused-ring (bicyclic) bond motifs is 1. The van der Waals surface area contributed by atoms with E-state index in [1.165, 1.54) is 24.2 Å². The fraction of sp³-hybridized carbons (Fsp3) is 0. The highest BCUT2D eigenvalue weighted by Gasteiger charge is 2.29. The van der Waals surface area contributed by atoms with Gasteiger partial charge in [0, 0.05) is 11.1 Å². The van der Waals surface area contributed by atoms with Crippen LogP contribution >= 0.6 is 23.4 Å². The first-order chi connectivity index (χ1) is 9.15. The molecule has 1 aromatic heterocycles. The molecule has 0 aliphatic carbocycles. The molecule has 0 atom stereocenters. The van der Waals surface area contributed by atoms with Gasteiger partial charge in [-0.15, -0.1) is 0 Å². The predicted molar refractivity (Wildman–Crippen MR) is 70.6 cm³/mol. The van der Waals surface area contributed by atoms with Gasteiger partial charge >= 0.3 is 0 Å². The quantitative estimate of drug-likeness (QED) is 0.679. The first kappa shape index (κ1) is 12.1. The average molecular weight is 292 g/mol. The molecule has 94 valence electrons. The van der Waals surface area contributed by atoms with Crippen LogP contribution in [0.4, 0.5) is 5.69 Å². The normalized spacial score (nSPS) is 13.3. The number of benzene rings is 1. The zero-order valence-electron chi connectivity index (χ0n) is 9.38. The van der Waals surface area contributed by atoms with E-state index >= 15 is 0 Å². The monoisotopic (exact) mass is 291 g/mol. The van der Waals surface area contributed by atoms with Crippen molar-refractivity contribution >= 4 is 40.7 Å². The second-order valence-electron chi connectivity index (χ2n) is 3.76. The van der Waals surface area contributed by atoms with Crippen LogP contribution in [0.15, 0.2) is 40.6 Å². The number of halogens is 1. The van der Waals surface area contributed by atoms with Gasteiger partial charge in [-0.3, -0.25) is 9.59 Å². The summed E-state index contributed by atoms with van der Waals surface area (Å²) in [6.07, 6.45) is 3.07. The van der Waals surface area contributed by atoms with Crippen molar-refractivity contribution in [3.05, 3.63) is 41.3 Å². The van der Waals surface area contributed by atoms with Crippen molar-refractivity contribution in [3.63, 3.8) is 0 Å². The number of anilines is 1. The average Bonchev–Trinajstić information content (AvgIpc) is 2.67. The van der Waals surface area contributed by atoms with Crippen molar-refractivity contribution in [1.29, 1.82) is 0 Å². The molecule has 0 fully saturated rings. The van der Waals surface area contributed by atoms with Crippen LogP contribution < -0.4 is 5.32 Å². The third-order valence-electron chi connectivity index (χ3n) is 2.54. The summed E-state index contributed by atoms with van der Waals surface area (Å²) in [4.78, 5) is 31.4. The Morgan fingerprint density at radius 3 is 2.84 bits per heavy atom. The predicted octanol–water partition coefficient (Wildman–Crippen LogP) is 2.42. The summed E-state index contributed by atoms with van der Waals surface area (Å²) in [6.45, 7) is 0. The number of carbonyl (C=O) groups is 2. The molecule has 1 aromatic carbocycles. The third kappa shape index (κ3) is 2.20. The van der Waals surface area contributed by atoms with Crippen molar-refractivity contribution in [2.75, 3.05) is 5.32 Å². The first-order valence-corrected chi connectivity index (χ1v) is 6.47. The summed E-state index contributed by atoms with van der Waals surface area (Å²) in [7, 11) is 0. The van der Waals surface area contributed by atoms with Gasteiger partial charge in [-0.2, -0.15) is 0 Å². The van der Waals surface area contributed by atoms with Crippen LogP contribution in [0.2, 0.25) is 5.02 Å². The highest BCUT2D eigenvalue weighted by molar-refractivity contribution is 7.99. The van der Waals surface area contributed by atoms with Crippen LogP contribution in [-0.4, -0.2) is 21.7 Å². The summed E-state index contributed by atoms with van der Waals surface area (Å²) in [5.41, 5.74) is 0.790. The van der Waals surface area contributed by atoms with Crippen LogP contribution in [-0.2, 0) is 4.79 Å². The summed E-state index contributed by atoms with van der Waals surface area (Å²) >= 11 is 7.45. The van der Waals surface area contributed by atoms with Gasteiger partial charge in [0.15, 0.2) is 0 Å². The highest BCUT2D eigenvalue weighted by atomic mass is 35.5. The molecule has 0 unspecified atom stereocenters. The number of hydrogen-bond donors (Lipinski definition) is 1. The summed E-state index contributed by atoms with van der Waals surface area (Å²) in [5, 5.41) is 3.65. The maximum Gasteiger partial charge on any atom is 0.296 e. The Morgan fingerprint density at radius 1 is 1.26 bits per heavy atom. The van der Waals surface area contributed by atoms with E-state index in [9.17, 15) is 9.59 Å². The minimum atomic E-state index is -0.629. The maximum atomic E-state index is 11.5. The zero-order chi connectivity index (χ0) is 13.4. The zero-order valence-corrected chi connectivity index (χ0v) is 11.0. The van der Waals surface area contributed by atoms with Crippen molar-refractivity contribution in [2.24, 2.45) is 0 Å². The van der Waals surface area contributed by atoms with Gasteiger partial charge in [-0.25, -0.2) is 9.97 Å². The fourth-order valence-corrected chi connectivity index (χ4v) is 2.74. The van der Waals surface area contributed by atoms with E-state index in [0.717, 1.165) is 5.03 Å². The Balaban J connectivity index is 1.99. The van der Waals surface area contributed by atoms with Gasteiger partial charge in [-0.1, -0.05) is 23.4 Å². The number of nitrogens with one attached hydrogen (secondary N) is 1. The van der Waals surface area contributed by atoms with Crippen LogP contribution in [0, 0.1) is 0 Å². The lowest BCUT2D eigenvalue weighted by molar-refractivity contribution is -0.112. The highest BCUT2D eigenvalue weighted by Crippen LogP contribution is 2.37. The van der Waals surface area contributed by atoms with Crippen molar-refractivity contribution in [1.82, 2.24) is 9.97 Å². The molecular formula is C12H6ClN3O2S. The molecule has 7 heteroatoms. The number of aromatic nitrogens is 2. The molecule has 1 N–H and O–H groups in total. The Bertz CT molecular complexity index is 691. The molecule has 19 heavy (non-hydrogen) atoms. The molecule has 0 radical (unpaired) electrons. The minimum absolute atomic E-state index is 0.307. The molecule has 2 heterocycles. The van der Waals surface area contributed by atoms with Crippen molar-refractivity contribution < 1.29 is 9.59 Å². The van der Waals surface area contributed by atoms with Crippen LogP contribution in [0.1, 0.15) is 10.4 Å². The number of rotatable bonds is 2. The van der Waals surface area contributed by atoms with Crippen LogP contribution in [0.3, 0.4) is 0 Å². The lowest BCUT2D eigenvalue weighted by Crippen LogP contribution is -2.12. The van der Waals surface area contributed by atoms with E-state index < -0.39 is 11.7 Å². The van der Waals surface area contributed by atoms with Crippen molar-refractivity contribution in [3.8, 4) is 0 Å². The summed E-state index contributed by atoms with van der Waals surface area (Å²) < 4.78 is 0. The lowest BCUT2D eigenvalue weighted by Gasteiger charge is -2.05. The summed E-state index contributed by atoms with van der Waals surface area (Å²) in [5.74, 6) is -1.19. The van der Waals surface area contributed by atoms with Crippen LogP contribution in [0.25, 0.3) is 0 Å². The van der Waals surface area contributed by atoms with Gasteiger partial charge in [0.25, 0.3) is 11.7 Å². The molecule has 1 aliphatic heterocycles. The molecule has 0 saturated carbocycles. The summed E-state index contributed by atoms with van der Waals surface area (Å²) in [6, 6.07) is 4.92. The van der Waals surface area contributed by atoms with E-state index in [4.69, 9.17) is 11.6 Å². The molecule has 3 rings (SSSR count). The number of Topliss-reactive ketones (excluding diaryl/α,β-unsaturated/α-hetero) is 1. The van der Waals surface area contributed by atoms with E-state index in [1.807, 2.05) is 0 Å². The molecule has 0 spiro atoms. The van der Waals surface area contributed by atoms with Gasteiger partial charge in [0.1, 0.15) is 11.4 Å². The Labute approximate surface area is 117 Å². The molecule has 1 aliphatic rings. The second-order valence-corrected chi connectivity index (χ2v) is 5.23. The Morgan fingerprint density at radius 2 is 2.11 bits per heavy atom. The van der Waals surface area contributed by atoms with Gasteiger partial charge in [0.05, 0.1) is 16.3 Å². The topological polar surface area (TPSA) is 72.0 Å². The van der Waals surface area contributed by atoms with Crippen LogP contribution in [0.5, 0.6) is 0 Å². The van der Waals surface area contributed by atoms with E-state index in [1.54, 1.807) is 18.3 Å². The van der Waals surface area contributed by atoms with E-state index in [0.29, 0.717) is 21.2 Å². The Kier molecular flexibility index (Phi) is 2.96. The lowest BCUT2D eigenvalue weighted by atomic mass is 10.1. The molecule has 0 bridgehead atoms. The molecule has 0 saturated heterocycles. The smallest absolute Gasteiger partial charge is 0.296 e. The van der Waals surface area contributed by atoms with Gasteiger partial charge in [-0.05, 0) is 18.2 Å². The second kappa shape index (κ2) is 4.64. The van der Waals surface area contributed by atoms with Crippen molar-refractivity contribution in [2.45, 2.75) is 9.92 Å². The van der Waals surface area contributed by atoms with E-state index in [2.05, 4.69) is 15.3 Å². The molecular weight excluding hydrogens is 286 g/mol. The van der Waals surface area contributed by atoms with Gasteiger partial charge in [0.2, 0.25) is 0 Å². The van der Waals surface area contributed by atoms with E-state index in [-0.39, 0.29) is 0 Å². The van der Waals surface area contributed by atoms with Gasteiger partial charge < -0.3 is 5.32 Å². The molecule has 1 amide bonds. The SMILES string of the molecule is O=C1Nc2cc(Sc3ccncn3)c(Cl)cc2C1=O.